The van der Waals surface area contributed by atoms with Crippen LogP contribution in [0.2, 0.25) is 5.02 Å². The Labute approximate surface area is 118 Å². The van der Waals surface area contributed by atoms with E-state index in [0.29, 0.717) is 10.6 Å². The van der Waals surface area contributed by atoms with Crippen LogP contribution in [0.15, 0.2) is 24.3 Å². The van der Waals surface area contributed by atoms with Crippen LogP contribution in [0.3, 0.4) is 0 Å². The number of rotatable bonds is 4. The second kappa shape index (κ2) is 6.57. The predicted molar refractivity (Wildman–Crippen MR) is 76.2 cm³/mol. The Bertz CT molecular complexity index is 455. The number of carbonyl (C=O) groups is 2. The molecule has 0 fully saturated rings. The van der Waals surface area contributed by atoms with Crippen molar-refractivity contribution in [2.45, 2.75) is 19.9 Å². The van der Waals surface area contributed by atoms with Crippen LogP contribution in [0, 0.1) is 5.92 Å². The summed E-state index contributed by atoms with van der Waals surface area (Å²) in [5.74, 6) is -0.367. The Balaban J connectivity index is 2.82. The molecule has 0 saturated heterocycles. The van der Waals surface area contributed by atoms with Crippen molar-refractivity contribution in [2.24, 2.45) is 5.92 Å². The molecule has 0 saturated carbocycles. The van der Waals surface area contributed by atoms with Gasteiger partial charge in [0.1, 0.15) is 6.04 Å². The summed E-state index contributed by atoms with van der Waals surface area (Å²) in [6.45, 7) is 3.79. The average Bonchev–Trinajstić information content (AvgIpc) is 2.35. The lowest BCUT2D eigenvalue weighted by Crippen LogP contribution is -2.49. The van der Waals surface area contributed by atoms with Gasteiger partial charge in [-0.2, -0.15) is 0 Å². The number of amides is 2. The van der Waals surface area contributed by atoms with Gasteiger partial charge in [-0.15, -0.1) is 0 Å². The number of nitrogens with one attached hydrogen (secondary N) is 1. The van der Waals surface area contributed by atoms with Crippen molar-refractivity contribution in [2.75, 3.05) is 14.1 Å². The molecule has 0 spiro atoms. The summed E-state index contributed by atoms with van der Waals surface area (Å²) in [5, 5.41) is 3.33. The van der Waals surface area contributed by atoms with Gasteiger partial charge in [0.05, 0.1) is 0 Å². The Morgan fingerprint density at radius 2 is 1.68 bits per heavy atom. The first-order valence-electron chi connectivity index (χ1n) is 6.10. The van der Waals surface area contributed by atoms with Gasteiger partial charge in [0, 0.05) is 24.7 Å². The SMILES string of the molecule is CC(C)C(NC(=O)c1ccc(Cl)cc1)C(=O)N(C)C. The molecule has 19 heavy (non-hydrogen) atoms. The van der Waals surface area contributed by atoms with Gasteiger partial charge in [-0.05, 0) is 30.2 Å². The topological polar surface area (TPSA) is 49.4 Å². The first kappa shape index (κ1) is 15.5. The molecule has 4 nitrogen and oxygen atoms in total. The third kappa shape index (κ3) is 4.24. The van der Waals surface area contributed by atoms with Gasteiger partial charge in [-0.3, -0.25) is 9.59 Å². The summed E-state index contributed by atoms with van der Waals surface area (Å²) in [5.41, 5.74) is 0.488. The summed E-state index contributed by atoms with van der Waals surface area (Å²) < 4.78 is 0. The minimum atomic E-state index is -0.529. The van der Waals surface area contributed by atoms with E-state index in [4.69, 9.17) is 11.6 Å². The molecule has 0 aromatic heterocycles. The minimum absolute atomic E-state index is 0.0196. The quantitative estimate of drug-likeness (QED) is 0.920. The summed E-state index contributed by atoms with van der Waals surface area (Å²) in [7, 11) is 3.35. The number of hydrogen-bond acceptors (Lipinski definition) is 2. The maximum Gasteiger partial charge on any atom is 0.251 e. The summed E-state index contributed by atoms with van der Waals surface area (Å²) in [6.07, 6.45) is 0. The van der Waals surface area contributed by atoms with Crippen LogP contribution in [0.25, 0.3) is 0 Å². The van der Waals surface area contributed by atoms with E-state index >= 15 is 0 Å². The molecule has 1 aromatic rings. The Morgan fingerprint density at radius 3 is 2.11 bits per heavy atom. The Morgan fingerprint density at radius 1 is 1.16 bits per heavy atom. The zero-order valence-electron chi connectivity index (χ0n) is 11.6. The van der Waals surface area contributed by atoms with Gasteiger partial charge >= 0.3 is 0 Å². The molecule has 5 heteroatoms. The molecular formula is C14H19ClN2O2. The fraction of sp³-hybridized carbons (Fsp3) is 0.429. The zero-order chi connectivity index (χ0) is 14.6. The van der Waals surface area contributed by atoms with E-state index in [0.717, 1.165) is 0 Å². The smallest absolute Gasteiger partial charge is 0.251 e. The standard InChI is InChI=1S/C14H19ClN2O2/c1-9(2)12(14(19)17(3)4)16-13(18)10-5-7-11(15)8-6-10/h5-9,12H,1-4H3,(H,16,18). The van der Waals surface area contributed by atoms with Gasteiger partial charge in [-0.25, -0.2) is 0 Å². The maximum absolute atomic E-state index is 12.1. The third-order valence-corrected chi connectivity index (χ3v) is 3.02. The minimum Gasteiger partial charge on any atom is -0.347 e. The first-order valence-corrected chi connectivity index (χ1v) is 6.48. The summed E-state index contributed by atoms with van der Waals surface area (Å²) >= 11 is 5.77. The normalized spacial score (nSPS) is 12.1. The lowest BCUT2D eigenvalue weighted by molar-refractivity contribution is -0.131. The molecule has 1 unspecified atom stereocenters. The van der Waals surface area contributed by atoms with Gasteiger partial charge < -0.3 is 10.2 Å². The van der Waals surface area contributed by atoms with Crippen molar-refractivity contribution < 1.29 is 9.59 Å². The molecule has 1 atom stereocenters. The fourth-order valence-electron chi connectivity index (χ4n) is 1.62. The molecule has 0 aliphatic carbocycles. The number of carbonyl (C=O) groups excluding carboxylic acids is 2. The highest BCUT2D eigenvalue weighted by Gasteiger charge is 2.25. The van der Waals surface area contributed by atoms with Crippen LogP contribution in [0.1, 0.15) is 24.2 Å². The van der Waals surface area contributed by atoms with Crippen LogP contribution in [0.4, 0.5) is 0 Å². The number of likely N-dealkylation sites (N-methyl/N-ethyl adjacent to an activating group) is 1. The lowest BCUT2D eigenvalue weighted by Gasteiger charge is -2.24. The van der Waals surface area contributed by atoms with Gasteiger partial charge in [0.15, 0.2) is 0 Å². The number of benzene rings is 1. The molecule has 1 rings (SSSR count). The number of nitrogens with zero attached hydrogens (tertiary/aromatic N) is 1. The molecule has 0 aliphatic heterocycles. The van der Waals surface area contributed by atoms with Crippen LogP contribution in [0.5, 0.6) is 0 Å². The second-order valence-electron chi connectivity index (χ2n) is 4.93. The third-order valence-electron chi connectivity index (χ3n) is 2.77. The maximum atomic E-state index is 12.1. The molecule has 0 radical (unpaired) electrons. The van der Waals surface area contributed by atoms with Crippen LogP contribution >= 0.6 is 11.6 Å². The van der Waals surface area contributed by atoms with Crippen molar-refractivity contribution >= 4 is 23.4 Å². The number of hydrogen-bond donors (Lipinski definition) is 1. The van der Waals surface area contributed by atoms with Gasteiger partial charge in [0.2, 0.25) is 5.91 Å². The van der Waals surface area contributed by atoms with E-state index in [9.17, 15) is 9.59 Å². The molecule has 104 valence electrons. The van der Waals surface area contributed by atoms with E-state index < -0.39 is 6.04 Å². The van der Waals surface area contributed by atoms with Gasteiger partial charge in [-0.1, -0.05) is 25.4 Å². The summed E-state index contributed by atoms with van der Waals surface area (Å²) in [4.78, 5) is 25.5. The predicted octanol–water partition coefficient (Wildman–Crippen LogP) is 2.18. The highest BCUT2D eigenvalue weighted by atomic mass is 35.5. The molecule has 1 aromatic carbocycles. The van der Waals surface area contributed by atoms with Crippen molar-refractivity contribution in [3.63, 3.8) is 0 Å². The molecule has 2 amide bonds. The van der Waals surface area contributed by atoms with Crippen LogP contribution in [-0.2, 0) is 4.79 Å². The lowest BCUT2D eigenvalue weighted by atomic mass is 10.0. The first-order chi connectivity index (χ1) is 8.82. The van der Waals surface area contributed by atoms with Gasteiger partial charge in [0.25, 0.3) is 5.91 Å². The second-order valence-corrected chi connectivity index (χ2v) is 5.37. The van der Waals surface area contributed by atoms with E-state index in [2.05, 4.69) is 5.32 Å². The summed E-state index contributed by atoms with van der Waals surface area (Å²) in [6, 6.07) is 6.03. The Kier molecular flexibility index (Phi) is 5.36. The van der Waals surface area contributed by atoms with E-state index in [1.807, 2.05) is 13.8 Å². The van der Waals surface area contributed by atoms with Crippen LogP contribution in [-0.4, -0.2) is 36.9 Å². The van der Waals surface area contributed by atoms with E-state index in [1.165, 1.54) is 4.90 Å². The van der Waals surface area contributed by atoms with Crippen molar-refractivity contribution in [3.05, 3.63) is 34.9 Å². The number of halogens is 1. The molecule has 0 heterocycles. The monoisotopic (exact) mass is 282 g/mol. The van der Waals surface area contributed by atoms with Crippen LogP contribution < -0.4 is 5.32 Å². The van der Waals surface area contributed by atoms with E-state index in [1.54, 1.807) is 38.4 Å². The zero-order valence-corrected chi connectivity index (χ0v) is 12.4. The molecule has 1 N–H and O–H groups in total. The largest absolute Gasteiger partial charge is 0.347 e. The molecule has 0 bridgehead atoms. The highest BCUT2D eigenvalue weighted by molar-refractivity contribution is 6.30. The van der Waals surface area contributed by atoms with E-state index in [-0.39, 0.29) is 17.7 Å². The van der Waals surface area contributed by atoms with Crippen molar-refractivity contribution in [3.8, 4) is 0 Å². The van der Waals surface area contributed by atoms with Crippen molar-refractivity contribution in [1.82, 2.24) is 10.2 Å². The fourth-order valence-corrected chi connectivity index (χ4v) is 1.74. The average molecular weight is 283 g/mol. The van der Waals surface area contributed by atoms with Crippen molar-refractivity contribution in [1.29, 1.82) is 0 Å². The molecule has 0 aliphatic rings. The molecular weight excluding hydrogens is 264 g/mol. The highest BCUT2D eigenvalue weighted by Crippen LogP contribution is 2.11. The Hall–Kier alpha value is -1.55.